The molecule has 4 aromatic rings. The molecule has 0 radical (unpaired) electrons. The van der Waals surface area contributed by atoms with Crippen molar-refractivity contribution in [1.82, 2.24) is 14.3 Å². The molecular formula is C25H23N3O4. The van der Waals surface area contributed by atoms with Gasteiger partial charge in [-0.15, -0.1) is 0 Å². The smallest absolute Gasteiger partial charge is 0.253 e. The number of rotatable bonds is 6. The molecule has 0 saturated carbocycles. The summed E-state index contributed by atoms with van der Waals surface area (Å²) in [6.45, 7) is 1.19. The number of nitrogens with zero attached hydrogens (tertiary/aromatic N) is 3. The van der Waals surface area contributed by atoms with Crippen LogP contribution in [-0.2, 0) is 6.61 Å². The number of likely N-dealkylation sites (N-methyl/N-ethyl adjacent to an activating group) is 1. The highest BCUT2D eigenvalue weighted by Gasteiger charge is 2.24. The van der Waals surface area contributed by atoms with Gasteiger partial charge in [-0.3, -0.25) is 4.79 Å². The Kier molecular flexibility index (Phi) is 5.37. The first-order valence-electron chi connectivity index (χ1n) is 10.4. The second-order valence-electron chi connectivity index (χ2n) is 7.69. The van der Waals surface area contributed by atoms with Crippen LogP contribution < -0.4 is 14.2 Å². The Bertz CT molecular complexity index is 1200. The molecule has 0 fully saturated rings. The van der Waals surface area contributed by atoms with Gasteiger partial charge in [0.1, 0.15) is 24.6 Å². The number of para-hydroxylation sites is 2. The molecule has 162 valence electrons. The summed E-state index contributed by atoms with van der Waals surface area (Å²) in [6.07, 6.45) is 3.68. The van der Waals surface area contributed by atoms with Crippen molar-refractivity contribution in [3.05, 3.63) is 90.4 Å². The monoisotopic (exact) mass is 429 g/mol. The molecule has 2 aromatic carbocycles. The molecule has 2 aromatic heterocycles. The number of carbonyl (C=O) groups excluding carboxylic acids is 1. The van der Waals surface area contributed by atoms with Gasteiger partial charge in [-0.1, -0.05) is 18.2 Å². The van der Waals surface area contributed by atoms with Crippen molar-refractivity contribution in [3.63, 3.8) is 0 Å². The van der Waals surface area contributed by atoms with Crippen LogP contribution in [-0.4, -0.2) is 46.5 Å². The number of carbonyl (C=O) groups is 1. The molecule has 1 amide bonds. The van der Waals surface area contributed by atoms with Crippen LogP contribution in [0.3, 0.4) is 0 Å². The molecule has 1 aliphatic rings. The number of hydrogen-bond donors (Lipinski definition) is 0. The number of aromatic nitrogens is 2. The quantitative estimate of drug-likeness (QED) is 0.466. The van der Waals surface area contributed by atoms with E-state index in [-0.39, 0.29) is 12.0 Å². The highest BCUT2D eigenvalue weighted by atomic mass is 16.6. The number of hydrogen-bond acceptors (Lipinski definition) is 5. The summed E-state index contributed by atoms with van der Waals surface area (Å²) >= 11 is 0. The van der Waals surface area contributed by atoms with E-state index in [1.807, 2.05) is 59.3 Å². The minimum absolute atomic E-state index is 0.0839. The lowest BCUT2D eigenvalue weighted by Crippen LogP contribution is -2.41. The van der Waals surface area contributed by atoms with Crippen molar-refractivity contribution in [1.29, 1.82) is 0 Å². The fourth-order valence-electron chi connectivity index (χ4n) is 3.67. The fourth-order valence-corrected chi connectivity index (χ4v) is 3.67. The number of imidazole rings is 1. The maximum Gasteiger partial charge on any atom is 0.253 e. The normalized spacial score (nSPS) is 14.8. The number of ether oxygens (including phenoxy) is 3. The molecule has 0 bridgehead atoms. The lowest BCUT2D eigenvalue weighted by molar-refractivity contribution is 0.0521. The van der Waals surface area contributed by atoms with Gasteiger partial charge in [-0.25, -0.2) is 4.98 Å². The number of amides is 1. The van der Waals surface area contributed by atoms with Gasteiger partial charge in [-0.05, 0) is 48.5 Å². The molecule has 1 atom stereocenters. The standard InChI is InChI=1S/C25H23N3O4/c1-27(15-21-17-31-22-6-2-3-7-23(22)32-21)25(29)18-9-11-20(12-10-18)30-16-19-14-28-13-5-4-8-24(28)26-19/h2-14,21H,15-17H2,1H3. The minimum atomic E-state index is -0.216. The van der Waals surface area contributed by atoms with Gasteiger partial charge in [0, 0.05) is 25.0 Å². The lowest BCUT2D eigenvalue weighted by Gasteiger charge is -2.29. The largest absolute Gasteiger partial charge is 0.487 e. The molecular weight excluding hydrogens is 406 g/mol. The van der Waals surface area contributed by atoms with Crippen LogP contribution >= 0.6 is 0 Å². The molecule has 7 nitrogen and oxygen atoms in total. The van der Waals surface area contributed by atoms with E-state index >= 15 is 0 Å². The predicted molar refractivity (Wildman–Crippen MR) is 119 cm³/mol. The topological polar surface area (TPSA) is 65.3 Å². The van der Waals surface area contributed by atoms with Crippen molar-refractivity contribution in [2.24, 2.45) is 0 Å². The number of benzene rings is 2. The van der Waals surface area contributed by atoms with Crippen LogP contribution in [0.15, 0.2) is 79.1 Å². The molecule has 1 aliphatic heterocycles. The Morgan fingerprint density at radius 1 is 1.09 bits per heavy atom. The van der Waals surface area contributed by atoms with Gasteiger partial charge in [0.05, 0.1) is 12.2 Å². The zero-order chi connectivity index (χ0) is 21.9. The highest BCUT2D eigenvalue weighted by molar-refractivity contribution is 5.94. The average Bonchev–Trinajstić information content (AvgIpc) is 3.25. The Balaban J connectivity index is 1.16. The summed E-state index contributed by atoms with van der Waals surface area (Å²) in [5.74, 6) is 2.04. The first-order chi connectivity index (χ1) is 15.7. The third kappa shape index (κ3) is 4.23. The first kappa shape index (κ1) is 19.9. The van der Waals surface area contributed by atoms with E-state index in [2.05, 4.69) is 4.98 Å². The van der Waals surface area contributed by atoms with Gasteiger partial charge in [0.2, 0.25) is 0 Å². The zero-order valence-corrected chi connectivity index (χ0v) is 17.7. The van der Waals surface area contributed by atoms with Crippen molar-refractivity contribution < 1.29 is 19.0 Å². The summed E-state index contributed by atoms with van der Waals surface area (Å²) in [5.41, 5.74) is 2.31. The zero-order valence-electron chi connectivity index (χ0n) is 17.7. The van der Waals surface area contributed by atoms with E-state index in [9.17, 15) is 4.79 Å². The predicted octanol–water partition coefficient (Wildman–Crippen LogP) is 3.83. The minimum Gasteiger partial charge on any atom is -0.487 e. The molecule has 0 N–H and O–H groups in total. The third-order valence-corrected chi connectivity index (χ3v) is 5.29. The lowest BCUT2D eigenvalue weighted by atomic mass is 10.2. The van der Waals surface area contributed by atoms with Crippen LogP contribution in [0.2, 0.25) is 0 Å². The Morgan fingerprint density at radius 2 is 1.88 bits per heavy atom. The average molecular weight is 429 g/mol. The van der Waals surface area contributed by atoms with Crippen molar-refractivity contribution in [3.8, 4) is 17.2 Å². The fraction of sp³-hybridized carbons (Fsp3) is 0.200. The first-order valence-corrected chi connectivity index (χ1v) is 10.4. The van der Waals surface area contributed by atoms with E-state index in [4.69, 9.17) is 14.2 Å². The van der Waals surface area contributed by atoms with Gasteiger partial charge >= 0.3 is 0 Å². The third-order valence-electron chi connectivity index (χ3n) is 5.29. The van der Waals surface area contributed by atoms with Gasteiger partial charge in [-0.2, -0.15) is 0 Å². The van der Waals surface area contributed by atoms with Crippen LogP contribution in [0.4, 0.5) is 0 Å². The molecule has 1 unspecified atom stereocenters. The molecule has 5 rings (SSSR count). The molecule has 0 spiro atoms. The van der Waals surface area contributed by atoms with E-state index in [0.29, 0.717) is 36.8 Å². The van der Waals surface area contributed by atoms with Gasteiger partial charge < -0.3 is 23.5 Å². The SMILES string of the molecule is CN(CC1COc2ccccc2O1)C(=O)c1ccc(OCc2cn3ccccc3n2)cc1. The molecule has 3 heterocycles. The second-order valence-corrected chi connectivity index (χ2v) is 7.69. The van der Waals surface area contributed by atoms with E-state index in [1.54, 1.807) is 36.2 Å². The number of fused-ring (bicyclic) bond motifs is 2. The summed E-state index contributed by atoms with van der Waals surface area (Å²) in [4.78, 5) is 19.0. The highest BCUT2D eigenvalue weighted by Crippen LogP contribution is 2.31. The number of pyridine rings is 1. The molecule has 0 aliphatic carbocycles. The Morgan fingerprint density at radius 3 is 2.69 bits per heavy atom. The summed E-state index contributed by atoms with van der Waals surface area (Å²) in [7, 11) is 1.76. The Labute approximate surface area is 185 Å². The molecule has 7 heteroatoms. The summed E-state index contributed by atoms with van der Waals surface area (Å²) in [6, 6.07) is 20.5. The second kappa shape index (κ2) is 8.63. The van der Waals surface area contributed by atoms with Crippen LogP contribution in [0.5, 0.6) is 17.2 Å². The Hall–Kier alpha value is -4.00. The van der Waals surface area contributed by atoms with E-state index in [0.717, 1.165) is 17.1 Å². The van der Waals surface area contributed by atoms with E-state index < -0.39 is 0 Å². The summed E-state index contributed by atoms with van der Waals surface area (Å²) < 4.78 is 19.5. The van der Waals surface area contributed by atoms with Crippen molar-refractivity contribution in [2.45, 2.75) is 12.7 Å². The van der Waals surface area contributed by atoms with E-state index in [1.165, 1.54) is 0 Å². The van der Waals surface area contributed by atoms with Crippen molar-refractivity contribution in [2.75, 3.05) is 20.2 Å². The maximum absolute atomic E-state index is 12.8. The summed E-state index contributed by atoms with van der Waals surface area (Å²) in [5, 5.41) is 0. The van der Waals surface area contributed by atoms with Crippen LogP contribution in [0, 0.1) is 0 Å². The van der Waals surface area contributed by atoms with Crippen LogP contribution in [0.1, 0.15) is 16.1 Å². The van der Waals surface area contributed by atoms with Crippen LogP contribution in [0.25, 0.3) is 5.65 Å². The van der Waals surface area contributed by atoms with Gasteiger partial charge in [0.15, 0.2) is 17.6 Å². The van der Waals surface area contributed by atoms with Gasteiger partial charge in [0.25, 0.3) is 5.91 Å². The maximum atomic E-state index is 12.8. The molecule has 32 heavy (non-hydrogen) atoms. The van der Waals surface area contributed by atoms with Crippen molar-refractivity contribution >= 4 is 11.6 Å². The molecule has 0 saturated heterocycles.